The van der Waals surface area contributed by atoms with Gasteiger partial charge in [0.05, 0.1) is 0 Å². The lowest BCUT2D eigenvalue weighted by Gasteiger charge is -2.09. The first-order valence-electron chi connectivity index (χ1n) is 7.80. The van der Waals surface area contributed by atoms with E-state index in [4.69, 9.17) is 0 Å². The van der Waals surface area contributed by atoms with Crippen LogP contribution in [0.2, 0.25) is 0 Å². The van der Waals surface area contributed by atoms with Gasteiger partial charge in [-0.05, 0) is 20.9 Å². The lowest BCUT2D eigenvalue weighted by molar-refractivity contribution is 1.31. The van der Waals surface area contributed by atoms with Gasteiger partial charge in [-0.2, -0.15) is 0 Å². The molecule has 1 aliphatic carbocycles. The third-order valence-corrected chi connectivity index (χ3v) is 5.82. The molecule has 2 aromatic carbocycles. The van der Waals surface area contributed by atoms with Crippen LogP contribution in [0, 0.1) is 0 Å². The molecule has 0 amide bonds. The van der Waals surface area contributed by atoms with Gasteiger partial charge in [0.1, 0.15) is 0 Å². The first-order chi connectivity index (χ1) is 11.4. The summed E-state index contributed by atoms with van der Waals surface area (Å²) < 4.78 is 0. The van der Waals surface area contributed by atoms with Crippen molar-refractivity contribution in [2.24, 2.45) is 0 Å². The normalized spacial score (nSPS) is 14.1. The number of hydrogen-bond acceptors (Lipinski definition) is 2. The summed E-state index contributed by atoms with van der Waals surface area (Å²) in [4.78, 5) is 2.88. The minimum atomic E-state index is 1.04. The average Bonchev–Trinajstić information content (AvgIpc) is 2.85. The summed E-state index contributed by atoms with van der Waals surface area (Å²) in [5.74, 6) is 2.08. The predicted molar refractivity (Wildman–Crippen MR) is 105 cm³/mol. The van der Waals surface area contributed by atoms with Crippen molar-refractivity contribution in [2.75, 3.05) is 0 Å². The summed E-state index contributed by atoms with van der Waals surface area (Å²) in [7, 11) is 0. The second-order valence-electron chi connectivity index (χ2n) is 5.38. The van der Waals surface area contributed by atoms with E-state index in [1.54, 1.807) is 0 Å². The standard InChI is InChI=1S/C21H20S2/c1-3-9-18(10-4-1)16-22-20-13-7-8-14-21(15-20)23-17-19-11-5-2-6-12-19/h1-14H,15-17H2. The monoisotopic (exact) mass is 336 g/mol. The van der Waals surface area contributed by atoms with E-state index in [-0.39, 0.29) is 0 Å². The maximum absolute atomic E-state index is 2.25. The second-order valence-corrected chi connectivity index (χ2v) is 7.58. The summed E-state index contributed by atoms with van der Waals surface area (Å²) in [5, 5.41) is 0. The number of thioether (sulfide) groups is 2. The van der Waals surface area contributed by atoms with Crippen LogP contribution in [0.15, 0.2) is 94.8 Å². The first kappa shape index (κ1) is 16.2. The van der Waals surface area contributed by atoms with Crippen molar-refractivity contribution >= 4 is 23.5 Å². The Kier molecular flexibility index (Phi) is 6.25. The molecule has 0 radical (unpaired) electrons. The molecule has 3 rings (SSSR count). The van der Waals surface area contributed by atoms with Gasteiger partial charge in [0.25, 0.3) is 0 Å². The summed E-state index contributed by atoms with van der Waals surface area (Å²) >= 11 is 3.89. The van der Waals surface area contributed by atoms with Crippen molar-refractivity contribution < 1.29 is 0 Å². The Morgan fingerprint density at radius 2 is 1.04 bits per heavy atom. The van der Waals surface area contributed by atoms with E-state index in [0.29, 0.717) is 0 Å². The summed E-state index contributed by atoms with van der Waals surface area (Å²) in [6, 6.07) is 21.4. The topological polar surface area (TPSA) is 0 Å². The van der Waals surface area contributed by atoms with Crippen LogP contribution in [0.5, 0.6) is 0 Å². The molecule has 0 heterocycles. The van der Waals surface area contributed by atoms with Crippen LogP contribution in [0.3, 0.4) is 0 Å². The van der Waals surface area contributed by atoms with Crippen LogP contribution in [0.25, 0.3) is 0 Å². The molecule has 0 bridgehead atoms. The number of allylic oxidation sites excluding steroid dienone is 6. The fourth-order valence-electron chi connectivity index (χ4n) is 2.31. The quantitative estimate of drug-likeness (QED) is 0.584. The van der Waals surface area contributed by atoms with Crippen molar-refractivity contribution in [2.45, 2.75) is 17.9 Å². The summed E-state index contributed by atoms with van der Waals surface area (Å²) in [6.45, 7) is 0. The lowest BCUT2D eigenvalue weighted by Crippen LogP contribution is -1.86. The molecule has 0 aromatic heterocycles. The van der Waals surface area contributed by atoms with Gasteiger partial charge in [-0.3, -0.25) is 0 Å². The van der Waals surface area contributed by atoms with E-state index in [1.807, 2.05) is 23.5 Å². The van der Waals surface area contributed by atoms with Crippen molar-refractivity contribution in [3.63, 3.8) is 0 Å². The van der Waals surface area contributed by atoms with Gasteiger partial charge in [0.15, 0.2) is 0 Å². The van der Waals surface area contributed by atoms with Crippen LogP contribution >= 0.6 is 23.5 Å². The van der Waals surface area contributed by atoms with Crippen LogP contribution in [-0.4, -0.2) is 0 Å². The van der Waals surface area contributed by atoms with Gasteiger partial charge in [-0.15, -0.1) is 23.5 Å². The molecule has 2 aromatic rings. The van der Waals surface area contributed by atoms with E-state index in [2.05, 4.69) is 85.0 Å². The zero-order valence-electron chi connectivity index (χ0n) is 13.0. The molecule has 0 aliphatic heterocycles. The second kappa shape index (κ2) is 8.85. The minimum Gasteiger partial charge on any atom is -0.125 e. The van der Waals surface area contributed by atoms with Crippen molar-refractivity contribution in [3.05, 3.63) is 106 Å². The molecular formula is C21H20S2. The van der Waals surface area contributed by atoms with Crippen molar-refractivity contribution in [3.8, 4) is 0 Å². The molecule has 0 N–H and O–H groups in total. The van der Waals surface area contributed by atoms with E-state index in [0.717, 1.165) is 17.9 Å². The molecule has 1 aliphatic rings. The SMILES string of the molecule is C1=CC=C(SCc2ccccc2)CC(SCc2ccccc2)=C1. The molecule has 2 heteroatoms. The van der Waals surface area contributed by atoms with Crippen LogP contribution in [0.4, 0.5) is 0 Å². The predicted octanol–water partition coefficient (Wildman–Crippen LogP) is 6.58. The maximum Gasteiger partial charge on any atom is 0.0228 e. The summed E-state index contributed by atoms with van der Waals surface area (Å²) in [5.41, 5.74) is 2.77. The highest BCUT2D eigenvalue weighted by Gasteiger charge is 2.07. The molecule has 0 saturated heterocycles. The van der Waals surface area contributed by atoms with E-state index in [9.17, 15) is 0 Å². The lowest BCUT2D eigenvalue weighted by atomic mass is 10.2. The number of rotatable bonds is 6. The van der Waals surface area contributed by atoms with E-state index >= 15 is 0 Å². The number of hydrogen-bond donors (Lipinski definition) is 0. The molecule has 0 spiro atoms. The first-order valence-corrected chi connectivity index (χ1v) is 9.77. The molecule has 0 nitrogen and oxygen atoms in total. The Labute approximate surface area is 147 Å². The van der Waals surface area contributed by atoms with E-state index < -0.39 is 0 Å². The van der Waals surface area contributed by atoms with Gasteiger partial charge in [-0.25, -0.2) is 0 Å². The average molecular weight is 337 g/mol. The van der Waals surface area contributed by atoms with Crippen molar-refractivity contribution in [1.29, 1.82) is 0 Å². The van der Waals surface area contributed by atoms with E-state index in [1.165, 1.54) is 20.9 Å². The Bertz CT molecular complexity index is 636. The molecule has 0 fully saturated rings. The Morgan fingerprint density at radius 1 is 0.609 bits per heavy atom. The van der Waals surface area contributed by atoms with Gasteiger partial charge in [-0.1, -0.05) is 85.0 Å². The molecule has 23 heavy (non-hydrogen) atoms. The Morgan fingerprint density at radius 3 is 1.48 bits per heavy atom. The fraction of sp³-hybridized carbons (Fsp3) is 0.143. The minimum absolute atomic E-state index is 1.04. The van der Waals surface area contributed by atoms with Crippen LogP contribution < -0.4 is 0 Å². The third-order valence-electron chi connectivity index (χ3n) is 3.56. The zero-order chi connectivity index (χ0) is 15.7. The Hall–Kier alpha value is -1.64. The number of benzene rings is 2. The Balaban J connectivity index is 1.54. The molecule has 0 atom stereocenters. The maximum atomic E-state index is 2.25. The van der Waals surface area contributed by atoms with Gasteiger partial charge >= 0.3 is 0 Å². The van der Waals surface area contributed by atoms with Gasteiger partial charge < -0.3 is 0 Å². The highest BCUT2D eigenvalue weighted by molar-refractivity contribution is 8.03. The highest BCUT2D eigenvalue weighted by Crippen LogP contribution is 2.34. The van der Waals surface area contributed by atoms with Gasteiger partial charge in [0.2, 0.25) is 0 Å². The van der Waals surface area contributed by atoms with Gasteiger partial charge in [0, 0.05) is 17.9 Å². The molecule has 116 valence electrons. The zero-order valence-corrected chi connectivity index (χ0v) is 14.7. The van der Waals surface area contributed by atoms with Crippen molar-refractivity contribution in [1.82, 2.24) is 0 Å². The third kappa shape index (κ3) is 5.49. The highest BCUT2D eigenvalue weighted by atomic mass is 32.2. The fourth-order valence-corrected chi connectivity index (χ4v) is 4.36. The molecular weight excluding hydrogens is 316 g/mol. The summed E-state index contributed by atoms with van der Waals surface area (Å²) in [6.07, 6.45) is 9.86. The molecule has 0 unspecified atom stereocenters. The van der Waals surface area contributed by atoms with Crippen LogP contribution in [-0.2, 0) is 11.5 Å². The smallest absolute Gasteiger partial charge is 0.0228 e. The largest absolute Gasteiger partial charge is 0.125 e. The molecule has 0 saturated carbocycles. The van der Waals surface area contributed by atoms with Crippen LogP contribution in [0.1, 0.15) is 17.5 Å².